The monoisotopic (exact) mass is 243 g/mol. The first-order chi connectivity index (χ1) is 8.83. The Morgan fingerprint density at radius 3 is 2.78 bits per heavy atom. The van der Waals surface area contributed by atoms with Crippen molar-refractivity contribution in [3.63, 3.8) is 0 Å². The quantitative estimate of drug-likeness (QED) is 0.706. The minimum Gasteiger partial charge on any atom is -0.399 e. The second-order valence-corrected chi connectivity index (χ2v) is 4.53. The fourth-order valence-electron chi connectivity index (χ4n) is 2.21. The van der Waals surface area contributed by atoms with Gasteiger partial charge in [-0.05, 0) is 23.8 Å². The Morgan fingerprint density at radius 2 is 2.06 bits per heavy atom. The number of aromatic nitrogens is 1. The summed E-state index contributed by atoms with van der Waals surface area (Å²) in [4.78, 5) is 3.29. The first kappa shape index (κ1) is 11.3. The average Bonchev–Trinajstić information content (AvgIpc) is 2.90. The van der Waals surface area contributed by atoms with Crippen molar-refractivity contribution in [2.75, 3.05) is 25.4 Å². The number of aromatic amines is 1. The molecule has 2 aromatic rings. The second-order valence-electron chi connectivity index (χ2n) is 4.53. The zero-order valence-corrected chi connectivity index (χ0v) is 10.1. The van der Waals surface area contributed by atoms with Gasteiger partial charge in [-0.1, -0.05) is 12.1 Å². The molecule has 4 heteroatoms. The summed E-state index contributed by atoms with van der Waals surface area (Å²) >= 11 is 0. The summed E-state index contributed by atoms with van der Waals surface area (Å²) in [7, 11) is 0. The van der Waals surface area contributed by atoms with E-state index in [4.69, 9.17) is 10.5 Å². The maximum Gasteiger partial charge on any atom is 0.0964 e. The van der Waals surface area contributed by atoms with Crippen LogP contribution in [0.15, 0.2) is 36.5 Å². The molecule has 4 N–H and O–H groups in total. The number of anilines is 1. The van der Waals surface area contributed by atoms with Crippen LogP contribution in [0.2, 0.25) is 0 Å². The van der Waals surface area contributed by atoms with Crippen LogP contribution in [0.3, 0.4) is 0 Å². The van der Waals surface area contributed by atoms with Crippen molar-refractivity contribution >= 4 is 5.69 Å². The van der Waals surface area contributed by atoms with E-state index >= 15 is 0 Å². The number of nitrogens with one attached hydrogen (secondary N) is 2. The molecule has 0 saturated carbocycles. The molecule has 1 fully saturated rings. The number of rotatable bonds is 2. The molecule has 0 bridgehead atoms. The second kappa shape index (κ2) is 4.84. The lowest BCUT2D eigenvalue weighted by atomic mass is 10.1. The predicted octanol–water partition coefficient (Wildman–Crippen LogP) is 1.92. The third-order valence-corrected chi connectivity index (χ3v) is 3.23. The van der Waals surface area contributed by atoms with Gasteiger partial charge in [-0.25, -0.2) is 0 Å². The van der Waals surface area contributed by atoms with E-state index < -0.39 is 0 Å². The predicted molar refractivity (Wildman–Crippen MR) is 72.2 cm³/mol. The molecule has 1 aliphatic rings. The lowest BCUT2D eigenvalue weighted by molar-refractivity contribution is 0.0278. The van der Waals surface area contributed by atoms with Crippen LogP contribution < -0.4 is 11.1 Å². The number of H-pyrrole nitrogens is 1. The standard InChI is InChI=1S/C14H17N3O/c15-12-3-1-10(2-4-12)13-7-11(8-17-13)14-9-16-5-6-18-14/h1-4,7-8,14,16-17H,5-6,9,15H2. The van der Waals surface area contributed by atoms with Gasteiger partial charge in [-0.3, -0.25) is 0 Å². The SMILES string of the molecule is Nc1ccc(-c2cc(C3CNCCO3)c[nH]2)cc1. The minimum atomic E-state index is 0.150. The van der Waals surface area contributed by atoms with Crippen molar-refractivity contribution in [3.8, 4) is 11.3 Å². The fourth-order valence-corrected chi connectivity index (χ4v) is 2.21. The lowest BCUT2D eigenvalue weighted by Crippen LogP contribution is -2.33. The van der Waals surface area contributed by atoms with E-state index in [9.17, 15) is 0 Å². The van der Waals surface area contributed by atoms with E-state index in [0.29, 0.717) is 0 Å². The molecule has 1 atom stereocenters. The van der Waals surface area contributed by atoms with Gasteiger partial charge >= 0.3 is 0 Å². The molecule has 18 heavy (non-hydrogen) atoms. The first-order valence-electron chi connectivity index (χ1n) is 6.19. The van der Waals surface area contributed by atoms with E-state index in [1.807, 2.05) is 30.5 Å². The molecule has 3 rings (SSSR count). The van der Waals surface area contributed by atoms with Crippen molar-refractivity contribution in [3.05, 3.63) is 42.1 Å². The molecular weight excluding hydrogens is 226 g/mol. The summed E-state index contributed by atoms with van der Waals surface area (Å²) in [6.45, 7) is 2.58. The van der Waals surface area contributed by atoms with Crippen LogP contribution in [0, 0.1) is 0 Å². The van der Waals surface area contributed by atoms with Gasteiger partial charge in [-0.15, -0.1) is 0 Å². The Bertz CT molecular complexity index is 512. The highest BCUT2D eigenvalue weighted by Crippen LogP contribution is 2.25. The van der Waals surface area contributed by atoms with Gasteiger partial charge in [0.05, 0.1) is 12.7 Å². The average molecular weight is 243 g/mol. The van der Waals surface area contributed by atoms with E-state index in [1.54, 1.807) is 0 Å². The summed E-state index contributed by atoms with van der Waals surface area (Å²) in [5.74, 6) is 0. The van der Waals surface area contributed by atoms with Crippen molar-refractivity contribution in [2.45, 2.75) is 6.10 Å². The number of hydrogen-bond donors (Lipinski definition) is 3. The molecule has 1 aromatic heterocycles. The minimum absolute atomic E-state index is 0.150. The first-order valence-corrected chi connectivity index (χ1v) is 6.19. The molecule has 2 heterocycles. The van der Waals surface area contributed by atoms with E-state index in [0.717, 1.165) is 36.6 Å². The smallest absolute Gasteiger partial charge is 0.0964 e. The third-order valence-electron chi connectivity index (χ3n) is 3.23. The van der Waals surface area contributed by atoms with Gasteiger partial charge < -0.3 is 20.8 Å². The maximum atomic E-state index is 5.73. The summed E-state index contributed by atoms with van der Waals surface area (Å²) in [6, 6.07) is 10.0. The van der Waals surface area contributed by atoms with Crippen LogP contribution in [-0.4, -0.2) is 24.7 Å². The Kier molecular flexibility index (Phi) is 3.04. The van der Waals surface area contributed by atoms with Crippen LogP contribution in [0.25, 0.3) is 11.3 Å². The largest absolute Gasteiger partial charge is 0.399 e. The molecule has 1 aliphatic heterocycles. The van der Waals surface area contributed by atoms with Crippen LogP contribution in [-0.2, 0) is 4.74 Å². The summed E-state index contributed by atoms with van der Waals surface area (Å²) in [6.07, 6.45) is 2.17. The molecule has 1 saturated heterocycles. The van der Waals surface area contributed by atoms with Crippen molar-refractivity contribution < 1.29 is 4.74 Å². The molecule has 1 unspecified atom stereocenters. The topological polar surface area (TPSA) is 63.1 Å². The van der Waals surface area contributed by atoms with Crippen LogP contribution in [0.4, 0.5) is 5.69 Å². The van der Waals surface area contributed by atoms with Crippen molar-refractivity contribution in [2.24, 2.45) is 0 Å². The lowest BCUT2D eigenvalue weighted by Gasteiger charge is -2.22. The van der Waals surface area contributed by atoms with Crippen LogP contribution in [0.1, 0.15) is 11.7 Å². The molecule has 4 nitrogen and oxygen atoms in total. The summed E-state index contributed by atoms with van der Waals surface area (Å²) in [5.41, 5.74) is 9.89. The highest BCUT2D eigenvalue weighted by Gasteiger charge is 2.17. The number of hydrogen-bond acceptors (Lipinski definition) is 3. The van der Waals surface area contributed by atoms with Crippen LogP contribution in [0.5, 0.6) is 0 Å². The summed E-state index contributed by atoms with van der Waals surface area (Å²) in [5, 5.41) is 3.33. The fraction of sp³-hybridized carbons (Fsp3) is 0.286. The molecule has 94 valence electrons. The highest BCUT2D eigenvalue weighted by molar-refractivity contribution is 5.63. The van der Waals surface area contributed by atoms with Gasteiger partial charge in [0, 0.05) is 36.2 Å². The number of ether oxygens (including phenoxy) is 1. The van der Waals surface area contributed by atoms with Gasteiger partial charge in [-0.2, -0.15) is 0 Å². The Labute approximate surface area is 106 Å². The van der Waals surface area contributed by atoms with Gasteiger partial charge in [0.25, 0.3) is 0 Å². The molecule has 0 amide bonds. The van der Waals surface area contributed by atoms with Crippen molar-refractivity contribution in [1.82, 2.24) is 10.3 Å². The van der Waals surface area contributed by atoms with E-state index in [-0.39, 0.29) is 6.10 Å². The summed E-state index contributed by atoms with van der Waals surface area (Å²) < 4.78 is 5.73. The molecule has 0 radical (unpaired) electrons. The van der Waals surface area contributed by atoms with Gasteiger partial charge in [0.2, 0.25) is 0 Å². The van der Waals surface area contributed by atoms with Crippen LogP contribution >= 0.6 is 0 Å². The highest BCUT2D eigenvalue weighted by atomic mass is 16.5. The Hall–Kier alpha value is -1.78. The zero-order valence-electron chi connectivity index (χ0n) is 10.1. The normalized spacial score (nSPS) is 19.9. The number of benzene rings is 1. The molecule has 0 spiro atoms. The van der Waals surface area contributed by atoms with Crippen molar-refractivity contribution in [1.29, 1.82) is 0 Å². The number of nitrogen functional groups attached to an aromatic ring is 1. The maximum absolute atomic E-state index is 5.73. The molecule has 0 aliphatic carbocycles. The van der Waals surface area contributed by atoms with E-state index in [1.165, 1.54) is 5.56 Å². The molecular formula is C14H17N3O. The third kappa shape index (κ3) is 2.25. The Morgan fingerprint density at radius 1 is 1.22 bits per heavy atom. The van der Waals surface area contributed by atoms with E-state index in [2.05, 4.69) is 16.4 Å². The zero-order chi connectivity index (χ0) is 12.4. The Balaban J connectivity index is 1.82. The van der Waals surface area contributed by atoms with Gasteiger partial charge in [0.15, 0.2) is 0 Å². The van der Waals surface area contributed by atoms with Gasteiger partial charge in [0.1, 0.15) is 0 Å². The number of nitrogens with two attached hydrogens (primary N) is 1. The molecule has 1 aromatic carbocycles. The number of morpholine rings is 1.